The van der Waals surface area contributed by atoms with E-state index in [1.165, 1.54) is 11.1 Å². The molecular weight excluding hydrogens is 318 g/mol. The highest BCUT2D eigenvalue weighted by atomic mass is 16.6. The molecule has 0 N–H and O–H groups in total. The topological polar surface area (TPSA) is 67.0 Å². The molecule has 0 amide bonds. The van der Waals surface area contributed by atoms with Gasteiger partial charge in [-0.15, -0.1) is 5.10 Å². The summed E-state index contributed by atoms with van der Waals surface area (Å²) in [6.07, 6.45) is 5.73. The molecule has 1 fully saturated rings. The van der Waals surface area contributed by atoms with Gasteiger partial charge in [0.25, 0.3) is 0 Å². The van der Waals surface area contributed by atoms with Gasteiger partial charge in [-0.1, -0.05) is 11.3 Å². The summed E-state index contributed by atoms with van der Waals surface area (Å²) in [4.78, 5) is 0. The minimum Gasteiger partial charge on any atom is -0.376 e. The summed E-state index contributed by atoms with van der Waals surface area (Å²) >= 11 is 0. The lowest BCUT2D eigenvalue weighted by Crippen LogP contribution is -2.32. The Kier molecular flexibility index (Phi) is 4.33. The standard InChI is InChI=1S/C18H21N5O2/c1-13-3-4-16(7-14(13)2)23-9-15(8-19-23)18-11-22(21-20-18)10-17-12-24-5-6-25-17/h3-4,7-9,11,17H,5-6,10,12H2,1-2H3/t17-/m1/s1. The molecule has 1 aromatic carbocycles. The van der Waals surface area contributed by atoms with Crippen LogP contribution in [0.4, 0.5) is 0 Å². The minimum absolute atomic E-state index is 0.0292. The first-order valence-electron chi connectivity index (χ1n) is 8.41. The van der Waals surface area contributed by atoms with Crippen molar-refractivity contribution in [2.75, 3.05) is 19.8 Å². The molecule has 130 valence electrons. The molecule has 0 unspecified atom stereocenters. The van der Waals surface area contributed by atoms with Crippen LogP contribution in [0.3, 0.4) is 0 Å². The number of aryl methyl sites for hydroxylation is 2. The van der Waals surface area contributed by atoms with E-state index in [-0.39, 0.29) is 6.10 Å². The molecule has 7 nitrogen and oxygen atoms in total. The van der Waals surface area contributed by atoms with Gasteiger partial charge in [0.15, 0.2) is 0 Å². The van der Waals surface area contributed by atoms with Crippen molar-refractivity contribution in [3.8, 4) is 16.9 Å². The lowest BCUT2D eigenvalue weighted by atomic mass is 10.1. The number of hydrogen-bond donors (Lipinski definition) is 0. The third kappa shape index (κ3) is 3.47. The SMILES string of the molecule is Cc1ccc(-n2cc(-c3cn(C[C@@H]4COCCO4)nn3)cn2)cc1C. The van der Waals surface area contributed by atoms with Crippen LogP contribution in [0.25, 0.3) is 16.9 Å². The van der Waals surface area contributed by atoms with Gasteiger partial charge in [0.05, 0.1) is 44.4 Å². The summed E-state index contributed by atoms with van der Waals surface area (Å²) in [6, 6.07) is 6.30. The maximum Gasteiger partial charge on any atom is 0.116 e. The fourth-order valence-corrected chi connectivity index (χ4v) is 2.83. The number of nitrogens with zero attached hydrogens (tertiary/aromatic N) is 5. The smallest absolute Gasteiger partial charge is 0.116 e. The van der Waals surface area contributed by atoms with Crippen LogP contribution in [0, 0.1) is 13.8 Å². The molecule has 25 heavy (non-hydrogen) atoms. The third-order valence-corrected chi connectivity index (χ3v) is 4.45. The Labute approximate surface area is 146 Å². The second-order valence-electron chi connectivity index (χ2n) is 6.34. The average molecular weight is 339 g/mol. The minimum atomic E-state index is 0.0292. The van der Waals surface area contributed by atoms with E-state index in [0.717, 1.165) is 16.9 Å². The first kappa shape index (κ1) is 16.0. The average Bonchev–Trinajstić information content (AvgIpc) is 3.27. The van der Waals surface area contributed by atoms with Crippen LogP contribution in [-0.4, -0.2) is 50.7 Å². The molecular formula is C18H21N5O2. The number of hydrogen-bond acceptors (Lipinski definition) is 5. The van der Waals surface area contributed by atoms with Crippen molar-refractivity contribution in [3.63, 3.8) is 0 Å². The lowest BCUT2D eigenvalue weighted by Gasteiger charge is -2.22. The van der Waals surface area contributed by atoms with E-state index >= 15 is 0 Å². The van der Waals surface area contributed by atoms with Gasteiger partial charge < -0.3 is 9.47 Å². The van der Waals surface area contributed by atoms with E-state index in [1.807, 2.05) is 23.3 Å². The predicted molar refractivity (Wildman–Crippen MR) is 92.6 cm³/mol. The molecule has 0 saturated carbocycles. The maximum atomic E-state index is 5.65. The van der Waals surface area contributed by atoms with Crippen LogP contribution in [0.1, 0.15) is 11.1 Å². The number of ether oxygens (including phenoxy) is 2. The van der Waals surface area contributed by atoms with Crippen molar-refractivity contribution in [1.29, 1.82) is 0 Å². The van der Waals surface area contributed by atoms with Gasteiger partial charge in [-0.3, -0.25) is 0 Å². The molecule has 3 heterocycles. The number of benzene rings is 1. The Hall–Kier alpha value is -2.51. The summed E-state index contributed by atoms with van der Waals surface area (Å²) < 4.78 is 14.7. The van der Waals surface area contributed by atoms with Crippen molar-refractivity contribution in [2.24, 2.45) is 0 Å². The summed E-state index contributed by atoms with van der Waals surface area (Å²) in [6.45, 7) is 6.74. The highest BCUT2D eigenvalue weighted by molar-refractivity contribution is 5.56. The van der Waals surface area contributed by atoms with Crippen molar-refractivity contribution in [3.05, 3.63) is 47.9 Å². The lowest BCUT2D eigenvalue weighted by molar-refractivity contribution is -0.0947. The van der Waals surface area contributed by atoms with Crippen molar-refractivity contribution in [1.82, 2.24) is 24.8 Å². The summed E-state index contributed by atoms with van der Waals surface area (Å²) in [5.74, 6) is 0. The Morgan fingerprint density at radius 3 is 2.88 bits per heavy atom. The monoisotopic (exact) mass is 339 g/mol. The van der Waals surface area contributed by atoms with Crippen LogP contribution >= 0.6 is 0 Å². The zero-order valence-corrected chi connectivity index (χ0v) is 14.4. The Bertz CT molecular complexity index is 864. The highest BCUT2D eigenvalue weighted by Gasteiger charge is 2.16. The quantitative estimate of drug-likeness (QED) is 0.729. The van der Waals surface area contributed by atoms with Gasteiger partial charge in [0, 0.05) is 11.8 Å². The van der Waals surface area contributed by atoms with Gasteiger partial charge in [0.1, 0.15) is 11.8 Å². The highest BCUT2D eigenvalue weighted by Crippen LogP contribution is 2.19. The zero-order valence-electron chi connectivity index (χ0n) is 14.4. The van der Waals surface area contributed by atoms with E-state index in [9.17, 15) is 0 Å². The maximum absolute atomic E-state index is 5.65. The molecule has 0 radical (unpaired) electrons. The van der Waals surface area contributed by atoms with Crippen LogP contribution in [0.15, 0.2) is 36.8 Å². The van der Waals surface area contributed by atoms with E-state index < -0.39 is 0 Å². The molecule has 0 spiro atoms. The van der Waals surface area contributed by atoms with E-state index in [2.05, 4.69) is 47.5 Å². The van der Waals surface area contributed by atoms with E-state index in [4.69, 9.17) is 9.47 Å². The molecule has 1 saturated heterocycles. The van der Waals surface area contributed by atoms with Crippen molar-refractivity contribution < 1.29 is 9.47 Å². The second-order valence-corrected chi connectivity index (χ2v) is 6.34. The van der Waals surface area contributed by atoms with Crippen LogP contribution < -0.4 is 0 Å². The second kappa shape index (κ2) is 6.78. The predicted octanol–water partition coefficient (Wildman–Crippen LogP) is 2.16. The molecule has 4 rings (SSSR count). The Morgan fingerprint density at radius 2 is 2.08 bits per heavy atom. The first-order valence-corrected chi connectivity index (χ1v) is 8.41. The summed E-state index contributed by atoms with van der Waals surface area (Å²) in [5, 5.41) is 12.9. The van der Waals surface area contributed by atoms with Crippen LogP contribution in [-0.2, 0) is 16.0 Å². The summed E-state index contributed by atoms with van der Waals surface area (Å²) in [5.41, 5.74) is 5.29. The van der Waals surface area contributed by atoms with Gasteiger partial charge in [-0.25, -0.2) is 9.36 Å². The number of rotatable bonds is 4. The Morgan fingerprint density at radius 1 is 1.16 bits per heavy atom. The fraction of sp³-hybridized carbons (Fsp3) is 0.389. The number of aromatic nitrogens is 5. The van der Waals surface area contributed by atoms with E-state index in [0.29, 0.717) is 26.4 Å². The zero-order chi connectivity index (χ0) is 17.2. The van der Waals surface area contributed by atoms with Crippen LogP contribution in [0.2, 0.25) is 0 Å². The van der Waals surface area contributed by atoms with Crippen molar-refractivity contribution in [2.45, 2.75) is 26.5 Å². The fourth-order valence-electron chi connectivity index (χ4n) is 2.83. The van der Waals surface area contributed by atoms with Gasteiger partial charge in [0.2, 0.25) is 0 Å². The van der Waals surface area contributed by atoms with Gasteiger partial charge in [-0.05, 0) is 37.1 Å². The molecule has 0 bridgehead atoms. The molecule has 1 aliphatic heterocycles. The molecule has 1 aliphatic rings. The van der Waals surface area contributed by atoms with Crippen molar-refractivity contribution >= 4 is 0 Å². The normalized spacial score (nSPS) is 17.8. The summed E-state index contributed by atoms with van der Waals surface area (Å²) in [7, 11) is 0. The van der Waals surface area contributed by atoms with Gasteiger partial charge >= 0.3 is 0 Å². The largest absolute Gasteiger partial charge is 0.376 e. The Balaban J connectivity index is 1.51. The van der Waals surface area contributed by atoms with Gasteiger partial charge in [-0.2, -0.15) is 5.10 Å². The molecule has 3 aromatic rings. The third-order valence-electron chi connectivity index (χ3n) is 4.45. The first-order chi connectivity index (χ1) is 12.2. The van der Waals surface area contributed by atoms with E-state index in [1.54, 1.807) is 4.68 Å². The molecule has 1 atom stereocenters. The van der Waals surface area contributed by atoms with Crippen LogP contribution in [0.5, 0.6) is 0 Å². The molecule has 7 heteroatoms. The molecule has 2 aromatic heterocycles. The molecule has 0 aliphatic carbocycles.